The van der Waals surface area contributed by atoms with Crippen molar-refractivity contribution in [2.45, 2.75) is 52.5 Å². The lowest BCUT2D eigenvalue weighted by Gasteiger charge is -2.25. The molecule has 0 radical (unpaired) electrons. The van der Waals surface area contributed by atoms with Gasteiger partial charge in [0.25, 0.3) is 0 Å². The number of anilines is 1. The second-order valence-electron chi connectivity index (χ2n) is 9.49. The molecule has 3 rings (SSSR count). The summed E-state index contributed by atoms with van der Waals surface area (Å²) in [6.45, 7) is 10.7. The largest absolute Gasteiger partial charge is 0.383 e. The molecule has 1 N–H and O–H groups in total. The van der Waals surface area contributed by atoms with Crippen LogP contribution < -0.4 is 5.32 Å². The summed E-state index contributed by atoms with van der Waals surface area (Å²) < 4.78 is 0. The van der Waals surface area contributed by atoms with Crippen LogP contribution in [0.4, 0.5) is 5.82 Å². The third-order valence-corrected chi connectivity index (χ3v) is 7.04. The Morgan fingerprint density at radius 2 is 2.00 bits per heavy atom. The third kappa shape index (κ3) is 6.27. The van der Waals surface area contributed by atoms with Gasteiger partial charge in [-0.05, 0) is 48.8 Å². The minimum absolute atomic E-state index is 0.421. The molecule has 1 aliphatic rings. The molecule has 0 amide bonds. The number of allylic oxidation sites excluding steroid dienone is 4. The van der Waals surface area contributed by atoms with Crippen molar-refractivity contribution in [3.63, 3.8) is 0 Å². The van der Waals surface area contributed by atoms with Crippen LogP contribution in [0.15, 0.2) is 60.4 Å². The lowest BCUT2D eigenvalue weighted by Crippen LogP contribution is -2.27. The molecule has 1 aliphatic carbocycles. The van der Waals surface area contributed by atoms with E-state index in [4.69, 9.17) is 9.97 Å². The van der Waals surface area contributed by atoms with Crippen molar-refractivity contribution in [2.75, 3.05) is 26.5 Å². The summed E-state index contributed by atoms with van der Waals surface area (Å²) >= 11 is 0. The second kappa shape index (κ2) is 12.5. The minimum Gasteiger partial charge on any atom is -0.383 e. The van der Waals surface area contributed by atoms with Crippen LogP contribution in [-0.4, -0.2) is 48.3 Å². The molecular weight excluding hydrogens is 430 g/mol. The predicted molar refractivity (Wildman–Crippen MR) is 152 cm³/mol. The van der Waals surface area contributed by atoms with Crippen LogP contribution in [0.5, 0.6) is 0 Å². The Balaban J connectivity index is 2.05. The molecule has 0 bridgehead atoms. The quantitative estimate of drug-likeness (QED) is 0.300. The zero-order valence-corrected chi connectivity index (χ0v) is 22.3. The maximum absolute atomic E-state index is 5.08. The smallest absolute Gasteiger partial charge is 0.161 e. The number of hydrogen-bond donors (Lipinski definition) is 1. The molecule has 3 atom stereocenters. The number of benzene rings is 1. The molecule has 3 unspecified atom stereocenters. The number of nitrogens with one attached hydrogen (secondary N) is 1. The topological polar surface area (TPSA) is 53.4 Å². The van der Waals surface area contributed by atoms with Gasteiger partial charge in [0.1, 0.15) is 5.82 Å². The van der Waals surface area contributed by atoms with Crippen LogP contribution in [0.2, 0.25) is 0 Å². The van der Waals surface area contributed by atoms with Crippen LogP contribution in [0.1, 0.15) is 57.6 Å². The third-order valence-electron chi connectivity index (χ3n) is 7.04. The standard InChI is InChI=1S/C30H41N5/c1-8-21-15-16-28(26(21)11-4)33-30-27(22(9-2)18-31-5)19-32-29(34-30)25-14-12-13-24(17-25)23(10-3)20-35(6)7/h9-10,12-14,17-21,26,28H,3,8,11,15-16H2,1-2,4-7H3,(H,32,33,34)/b22-9+,23-20+,31-18?. The molecule has 5 nitrogen and oxygen atoms in total. The molecule has 1 aromatic carbocycles. The Labute approximate surface area is 211 Å². The molecule has 2 aromatic rings. The molecule has 1 fully saturated rings. The highest BCUT2D eigenvalue weighted by atomic mass is 15.1. The maximum Gasteiger partial charge on any atom is 0.161 e. The summed E-state index contributed by atoms with van der Waals surface area (Å²) in [6.07, 6.45) is 14.7. The van der Waals surface area contributed by atoms with Gasteiger partial charge < -0.3 is 10.2 Å². The van der Waals surface area contributed by atoms with E-state index in [1.807, 2.05) is 44.4 Å². The Bertz CT molecular complexity index is 1100. The van der Waals surface area contributed by atoms with Crippen LogP contribution in [0.25, 0.3) is 22.5 Å². The highest BCUT2D eigenvalue weighted by Gasteiger charge is 2.34. The summed E-state index contributed by atoms with van der Waals surface area (Å²) in [5.74, 6) is 3.04. The monoisotopic (exact) mass is 471 g/mol. The van der Waals surface area contributed by atoms with Crippen molar-refractivity contribution < 1.29 is 0 Å². The van der Waals surface area contributed by atoms with Crippen LogP contribution >= 0.6 is 0 Å². The van der Waals surface area contributed by atoms with Gasteiger partial charge >= 0.3 is 0 Å². The van der Waals surface area contributed by atoms with E-state index in [2.05, 4.69) is 67.3 Å². The van der Waals surface area contributed by atoms with Gasteiger partial charge in [-0.3, -0.25) is 4.99 Å². The Morgan fingerprint density at radius 3 is 2.63 bits per heavy atom. The van der Waals surface area contributed by atoms with Gasteiger partial charge in [-0.2, -0.15) is 0 Å². The molecule has 1 aromatic heterocycles. The summed E-state index contributed by atoms with van der Waals surface area (Å²) in [6, 6.07) is 8.78. The van der Waals surface area contributed by atoms with E-state index in [0.29, 0.717) is 17.8 Å². The average Bonchev–Trinajstić information content (AvgIpc) is 3.27. The average molecular weight is 472 g/mol. The summed E-state index contributed by atoms with van der Waals surface area (Å²) in [5.41, 5.74) is 5.15. The van der Waals surface area contributed by atoms with Crippen molar-refractivity contribution >= 4 is 23.2 Å². The van der Waals surface area contributed by atoms with E-state index >= 15 is 0 Å². The molecule has 1 saturated carbocycles. The lowest BCUT2D eigenvalue weighted by atomic mass is 9.89. The van der Waals surface area contributed by atoms with E-state index in [-0.39, 0.29) is 0 Å². The van der Waals surface area contributed by atoms with E-state index < -0.39 is 0 Å². The number of nitrogens with zero attached hydrogens (tertiary/aromatic N) is 4. The lowest BCUT2D eigenvalue weighted by molar-refractivity contribution is 0.351. The zero-order valence-electron chi connectivity index (χ0n) is 22.3. The second-order valence-corrected chi connectivity index (χ2v) is 9.49. The Morgan fingerprint density at radius 1 is 1.20 bits per heavy atom. The molecule has 0 aliphatic heterocycles. The van der Waals surface area contributed by atoms with Crippen molar-refractivity contribution in [2.24, 2.45) is 16.8 Å². The molecule has 1 heterocycles. The van der Waals surface area contributed by atoms with Crippen molar-refractivity contribution in [1.29, 1.82) is 0 Å². The van der Waals surface area contributed by atoms with Crippen LogP contribution in [0, 0.1) is 11.8 Å². The highest BCUT2D eigenvalue weighted by molar-refractivity contribution is 6.11. The van der Waals surface area contributed by atoms with Gasteiger partial charge in [-0.1, -0.05) is 63.6 Å². The van der Waals surface area contributed by atoms with Gasteiger partial charge in [-0.25, -0.2) is 9.97 Å². The SMILES string of the molecule is C=C/C(=C\N(C)C)c1cccc(-c2ncc(/C(C=NC)=C/C)c(NC3CCC(CC)C3CC)n2)c1. The minimum atomic E-state index is 0.421. The molecule has 0 spiro atoms. The number of aromatic nitrogens is 2. The van der Waals surface area contributed by atoms with E-state index in [1.54, 1.807) is 7.05 Å². The van der Waals surface area contributed by atoms with Crippen molar-refractivity contribution in [1.82, 2.24) is 14.9 Å². The van der Waals surface area contributed by atoms with Crippen molar-refractivity contribution in [3.8, 4) is 11.4 Å². The predicted octanol–water partition coefficient (Wildman–Crippen LogP) is 6.96. The zero-order chi connectivity index (χ0) is 25.4. The van der Waals surface area contributed by atoms with E-state index in [0.717, 1.165) is 39.6 Å². The normalized spacial score (nSPS) is 20.9. The first-order valence-corrected chi connectivity index (χ1v) is 12.8. The first kappa shape index (κ1) is 26.4. The fourth-order valence-electron chi connectivity index (χ4n) is 5.27. The van der Waals surface area contributed by atoms with E-state index in [1.165, 1.54) is 25.7 Å². The summed E-state index contributed by atoms with van der Waals surface area (Å²) in [4.78, 5) is 16.2. The first-order valence-electron chi connectivity index (χ1n) is 12.8. The summed E-state index contributed by atoms with van der Waals surface area (Å²) in [5, 5.41) is 3.84. The Hall–Kier alpha value is -3.21. The fourth-order valence-corrected chi connectivity index (χ4v) is 5.27. The van der Waals surface area contributed by atoms with Gasteiger partial charge in [0.15, 0.2) is 5.82 Å². The fraction of sp³-hybridized carbons (Fsp3) is 0.433. The maximum atomic E-state index is 5.08. The molecule has 0 saturated heterocycles. The van der Waals surface area contributed by atoms with Gasteiger partial charge in [-0.15, -0.1) is 0 Å². The van der Waals surface area contributed by atoms with Crippen LogP contribution in [-0.2, 0) is 0 Å². The molecular formula is C30H41N5. The van der Waals surface area contributed by atoms with Crippen molar-refractivity contribution in [3.05, 3.63) is 66.5 Å². The number of aliphatic imine (C=N–C) groups is 1. The van der Waals surface area contributed by atoms with Gasteiger partial charge in [0, 0.05) is 62.5 Å². The van der Waals surface area contributed by atoms with Gasteiger partial charge in [0.2, 0.25) is 0 Å². The Kier molecular flexibility index (Phi) is 9.41. The van der Waals surface area contributed by atoms with Gasteiger partial charge in [0.05, 0.1) is 0 Å². The molecule has 35 heavy (non-hydrogen) atoms. The molecule has 5 heteroatoms. The first-order chi connectivity index (χ1) is 16.9. The molecule has 186 valence electrons. The summed E-state index contributed by atoms with van der Waals surface area (Å²) in [7, 11) is 5.83. The van der Waals surface area contributed by atoms with Crippen LogP contribution in [0.3, 0.4) is 0 Å². The van der Waals surface area contributed by atoms with E-state index in [9.17, 15) is 0 Å². The highest BCUT2D eigenvalue weighted by Crippen LogP contribution is 2.39. The number of rotatable bonds is 10. The number of hydrogen-bond acceptors (Lipinski definition) is 5.